The van der Waals surface area contributed by atoms with Gasteiger partial charge in [-0.1, -0.05) is 44.9 Å². The van der Waals surface area contributed by atoms with E-state index < -0.39 is 30.9 Å². The Morgan fingerprint density at radius 3 is 1.87 bits per heavy atom. The summed E-state index contributed by atoms with van der Waals surface area (Å²) in [6, 6.07) is 6.36. The summed E-state index contributed by atoms with van der Waals surface area (Å²) in [5.41, 5.74) is 0. The zero-order valence-corrected chi connectivity index (χ0v) is 24.2. The van der Waals surface area contributed by atoms with E-state index in [1.54, 1.807) is 0 Å². The number of rotatable bonds is 11. The lowest BCUT2D eigenvalue weighted by molar-refractivity contribution is -0.141. The molecule has 0 saturated carbocycles. The molecule has 2 atom stereocenters. The first-order valence-electron chi connectivity index (χ1n) is 12.1. The monoisotopic (exact) mass is 490 g/mol. The van der Waals surface area contributed by atoms with Crippen LogP contribution in [0.5, 0.6) is 0 Å². The van der Waals surface area contributed by atoms with Crippen LogP contribution >= 0.6 is 0 Å². The second-order valence-corrected chi connectivity index (χ2v) is 25.2. The van der Waals surface area contributed by atoms with Gasteiger partial charge in [0, 0.05) is 6.42 Å². The molecule has 0 bridgehead atoms. The normalized spacial score (nSPS) is 21.8. The lowest BCUT2D eigenvalue weighted by Crippen LogP contribution is -2.42. The summed E-state index contributed by atoms with van der Waals surface area (Å²) in [7, 11) is -4.04. The molecule has 2 aliphatic rings. The molecule has 0 amide bonds. The molecule has 2 aliphatic heterocycles. The minimum atomic E-state index is -1.56. The molecule has 2 unspecified atom stereocenters. The number of ether oxygens (including phenoxy) is 3. The number of carbonyl (C=O) groups excluding carboxylic acids is 2. The van der Waals surface area contributed by atoms with Gasteiger partial charge in [-0.05, 0) is 58.0 Å². The lowest BCUT2D eigenvalue weighted by atomic mass is 10.2. The maximum absolute atomic E-state index is 11.0. The molecule has 0 aromatic rings. The first-order chi connectivity index (χ1) is 14.3. The largest absolute Gasteiger partial charge is 0.508 e. The topological polar surface area (TPSA) is 71.1 Å². The molecule has 0 radical (unpaired) electrons. The van der Waals surface area contributed by atoms with E-state index in [-0.39, 0.29) is 18.2 Å². The van der Waals surface area contributed by atoms with Crippen molar-refractivity contribution in [1.82, 2.24) is 0 Å². The molecule has 2 fully saturated rings. The first kappa shape index (κ1) is 28.4. The van der Waals surface area contributed by atoms with Crippen LogP contribution < -0.4 is 0 Å². The van der Waals surface area contributed by atoms with Gasteiger partial charge in [0.05, 0.1) is 8.07 Å². The Morgan fingerprint density at radius 1 is 0.871 bits per heavy atom. The minimum Gasteiger partial charge on any atom is -0.462 e. The maximum Gasteiger partial charge on any atom is 0.508 e. The van der Waals surface area contributed by atoms with Crippen molar-refractivity contribution in [3.63, 3.8) is 0 Å². The Hall–Kier alpha value is -0.649. The van der Waals surface area contributed by atoms with Gasteiger partial charge in [-0.15, -0.1) is 0 Å². The van der Waals surface area contributed by atoms with Crippen LogP contribution in [0.25, 0.3) is 0 Å². The van der Waals surface area contributed by atoms with E-state index in [4.69, 9.17) is 18.3 Å². The summed E-state index contributed by atoms with van der Waals surface area (Å²) in [6.45, 7) is 18.6. The van der Waals surface area contributed by atoms with Crippen molar-refractivity contribution < 1.29 is 27.9 Å². The summed E-state index contributed by atoms with van der Waals surface area (Å²) in [4.78, 5) is 21.7. The Bertz CT molecular complexity index is 564. The molecule has 6 nitrogen and oxygen atoms in total. The standard InChI is InChI=1S/C11H24O3Si2.C11H22O3Si/c1-15(2,3)14-16(4,5)9-8-10-6-7-11(12)13-10;1-4-15(5-2,6-3)8-7-10-9-13-11(12)14-10/h10H,6-9H2,1-5H3;10H,4-9H2,1-3H3. The fraction of sp³-hybridized carbons (Fsp3) is 0.909. The summed E-state index contributed by atoms with van der Waals surface area (Å²) >= 11 is 0. The molecule has 9 heteroatoms. The molecule has 2 heterocycles. The highest BCUT2D eigenvalue weighted by Gasteiger charge is 2.33. The molecule has 0 aromatic carbocycles. The van der Waals surface area contributed by atoms with Gasteiger partial charge < -0.3 is 18.3 Å². The second-order valence-electron chi connectivity index (χ2n) is 10.6. The number of cyclic esters (lactones) is 3. The van der Waals surface area contributed by atoms with Gasteiger partial charge in [-0.3, -0.25) is 4.79 Å². The highest BCUT2D eigenvalue weighted by atomic mass is 28.4. The third kappa shape index (κ3) is 11.2. The fourth-order valence-electron chi connectivity index (χ4n) is 4.43. The van der Waals surface area contributed by atoms with Crippen LogP contribution in [0.2, 0.25) is 63.0 Å². The third-order valence-corrected chi connectivity index (χ3v) is 18.5. The van der Waals surface area contributed by atoms with E-state index in [1.807, 2.05) is 0 Å². The predicted molar refractivity (Wildman–Crippen MR) is 133 cm³/mol. The molecule has 182 valence electrons. The van der Waals surface area contributed by atoms with Crippen LogP contribution in [-0.2, 0) is 23.1 Å². The van der Waals surface area contributed by atoms with Gasteiger partial charge in [0.1, 0.15) is 18.8 Å². The molecule has 0 aromatic heterocycles. The molecule has 0 N–H and O–H groups in total. The van der Waals surface area contributed by atoms with E-state index in [9.17, 15) is 9.59 Å². The second kappa shape index (κ2) is 12.6. The van der Waals surface area contributed by atoms with Crippen molar-refractivity contribution >= 4 is 36.8 Å². The van der Waals surface area contributed by atoms with Crippen molar-refractivity contribution in [1.29, 1.82) is 0 Å². The van der Waals surface area contributed by atoms with Crippen LogP contribution in [0.1, 0.15) is 46.5 Å². The highest BCUT2D eigenvalue weighted by molar-refractivity contribution is 6.84. The van der Waals surface area contributed by atoms with Gasteiger partial charge in [-0.25, -0.2) is 4.79 Å². The van der Waals surface area contributed by atoms with Crippen LogP contribution in [0, 0.1) is 0 Å². The van der Waals surface area contributed by atoms with Crippen LogP contribution in [-0.4, -0.2) is 55.6 Å². The van der Waals surface area contributed by atoms with Crippen molar-refractivity contribution in [2.45, 2.75) is 122 Å². The smallest absolute Gasteiger partial charge is 0.462 e. The summed E-state index contributed by atoms with van der Waals surface area (Å²) in [6.07, 6.45) is 3.16. The average molecular weight is 491 g/mol. The van der Waals surface area contributed by atoms with Gasteiger partial charge in [0.2, 0.25) is 0 Å². The number of hydrogen-bond donors (Lipinski definition) is 0. The molecular formula is C22H46O6Si3. The van der Waals surface area contributed by atoms with Gasteiger partial charge in [-0.2, -0.15) is 0 Å². The first-order valence-corrected chi connectivity index (χ1v) is 21.4. The van der Waals surface area contributed by atoms with Gasteiger partial charge >= 0.3 is 12.1 Å². The fourth-order valence-corrected chi connectivity index (χ4v) is 16.0. The number of carbonyl (C=O) groups is 2. The predicted octanol–water partition coefficient (Wildman–Crippen LogP) is 6.56. The molecule has 31 heavy (non-hydrogen) atoms. The van der Waals surface area contributed by atoms with Gasteiger partial charge in [0.15, 0.2) is 16.6 Å². The highest BCUT2D eigenvalue weighted by Crippen LogP contribution is 2.29. The van der Waals surface area contributed by atoms with E-state index in [0.717, 1.165) is 25.3 Å². The quantitative estimate of drug-likeness (QED) is 0.241. The summed E-state index contributed by atoms with van der Waals surface area (Å²) in [5, 5.41) is 0. The Kier molecular flexibility index (Phi) is 11.5. The Morgan fingerprint density at radius 2 is 1.45 bits per heavy atom. The minimum absolute atomic E-state index is 0.0222. The zero-order chi connectivity index (χ0) is 23.7. The maximum atomic E-state index is 11.0. The van der Waals surface area contributed by atoms with Crippen molar-refractivity contribution in [3.05, 3.63) is 0 Å². The van der Waals surface area contributed by atoms with Crippen LogP contribution in [0.3, 0.4) is 0 Å². The molecule has 0 spiro atoms. The van der Waals surface area contributed by atoms with Crippen molar-refractivity contribution in [2.24, 2.45) is 0 Å². The Labute approximate surface area is 193 Å². The van der Waals surface area contributed by atoms with E-state index in [0.29, 0.717) is 13.0 Å². The van der Waals surface area contributed by atoms with E-state index >= 15 is 0 Å². The average Bonchev–Trinajstić information content (AvgIpc) is 3.28. The lowest BCUT2D eigenvalue weighted by Gasteiger charge is -2.32. The van der Waals surface area contributed by atoms with E-state index in [1.165, 1.54) is 24.2 Å². The van der Waals surface area contributed by atoms with Crippen molar-refractivity contribution in [2.75, 3.05) is 6.61 Å². The zero-order valence-electron chi connectivity index (χ0n) is 21.2. The summed E-state index contributed by atoms with van der Waals surface area (Å²) in [5.74, 6) is -0.0319. The Balaban J connectivity index is 0.000000311. The molecule has 2 saturated heterocycles. The van der Waals surface area contributed by atoms with Crippen LogP contribution in [0.15, 0.2) is 0 Å². The number of esters is 1. The van der Waals surface area contributed by atoms with E-state index in [2.05, 4.69) is 53.5 Å². The van der Waals surface area contributed by atoms with Crippen LogP contribution in [0.4, 0.5) is 4.79 Å². The SMILES string of the molecule is CC[Si](CC)(CC)CCC1COC(=O)O1.C[Si](C)(C)O[Si](C)(C)CCC1CCC(=O)O1. The molecule has 0 aliphatic carbocycles. The van der Waals surface area contributed by atoms with Gasteiger partial charge in [0.25, 0.3) is 0 Å². The molecule has 2 rings (SSSR count). The summed E-state index contributed by atoms with van der Waals surface area (Å²) < 4.78 is 21.3. The molecular weight excluding hydrogens is 444 g/mol. The number of hydrogen-bond acceptors (Lipinski definition) is 6. The third-order valence-electron chi connectivity index (χ3n) is 6.52. The van der Waals surface area contributed by atoms with Crippen molar-refractivity contribution in [3.8, 4) is 0 Å².